The van der Waals surface area contributed by atoms with Crippen LogP contribution in [-0.4, -0.2) is 25.8 Å². The zero-order valence-electron chi connectivity index (χ0n) is 10.7. The summed E-state index contributed by atoms with van der Waals surface area (Å²) in [5, 5.41) is 0. The molecule has 0 rings (SSSR count). The van der Waals surface area contributed by atoms with E-state index in [2.05, 4.69) is 20.4 Å². The molecule has 0 amide bonds. The fourth-order valence-electron chi connectivity index (χ4n) is 0.608. The van der Waals surface area contributed by atoms with Crippen LogP contribution in [-0.2, 0) is 23.1 Å². The molecule has 0 atom stereocenters. The minimum absolute atomic E-state index is 0.126. The fourth-order valence-corrected chi connectivity index (χ4v) is 1.31. The van der Waals surface area contributed by atoms with Crippen LogP contribution in [0.2, 0.25) is 0 Å². The Labute approximate surface area is 102 Å². The van der Waals surface area contributed by atoms with Gasteiger partial charge in [-0.2, -0.15) is 0 Å². The number of hydrogen-bond donors (Lipinski definition) is 0. The molecule has 0 bridgehead atoms. The number of phosphoric acid groups is 1. The van der Waals surface area contributed by atoms with Gasteiger partial charge in [-0.25, -0.2) is 4.79 Å². The highest BCUT2D eigenvalue weighted by molar-refractivity contribution is 7.45. The highest BCUT2D eigenvalue weighted by atomic mass is 31.2. The van der Waals surface area contributed by atoms with Gasteiger partial charge in [0.05, 0.1) is 19.8 Å². The maximum absolute atomic E-state index is 10.4. The van der Waals surface area contributed by atoms with Gasteiger partial charge in [0.15, 0.2) is 0 Å². The summed E-state index contributed by atoms with van der Waals surface area (Å²) in [4.78, 5) is 20.8. The van der Waals surface area contributed by atoms with E-state index in [0.29, 0.717) is 12.2 Å². The summed E-state index contributed by atoms with van der Waals surface area (Å²) in [6.07, 6.45) is 0. The molecule has 7 heteroatoms. The van der Waals surface area contributed by atoms with E-state index in [1.807, 2.05) is 0 Å². The Kier molecular flexibility index (Phi) is 11.5. The normalized spacial score (nSPS) is 10.2. The van der Waals surface area contributed by atoms with Crippen LogP contribution in [0.5, 0.6) is 0 Å². The number of carbonyl (C=O) groups excluding carboxylic acids is 1. The molecular weight excluding hydrogens is 247 g/mol. The zero-order valence-corrected chi connectivity index (χ0v) is 11.6. The van der Waals surface area contributed by atoms with Crippen LogP contribution in [0.15, 0.2) is 12.2 Å². The molecule has 17 heavy (non-hydrogen) atoms. The standard InChI is InChI=1S/C6H10O2.C4H11O4P/c1-4-8-6(7)5(2)3;1-3-7-9(5,6)8-4-2/h2,4H2,1,3H3;3-4H2,1-2H3,(H,5,6)/p-1. The van der Waals surface area contributed by atoms with Crippen LogP contribution in [0.25, 0.3) is 0 Å². The van der Waals surface area contributed by atoms with E-state index in [4.69, 9.17) is 0 Å². The van der Waals surface area contributed by atoms with Gasteiger partial charge in [0, 0.05) is 5.57 Å². The average Bonchev–Trinajstić information content (AvgIpc) is 2.18. The minimum Gasteiger partial charge on any atom is -0.756 e. The third kappa shape index (κ3) is 13.3. The molecular formula is C10H20O6P-. The predicted octanol–water partition coefficient (Wildman–Crippen LogP) is 1.65. The monoisotopic (exact) mass is 267 g/mol. The molecule has 0 N–H and O–H groups in total. The van der Waals surface area contributed by atoms with Gasteiger partial charge < -0.3 is 18.7 Å². The van der Waals surface area contributed by atoms with Crippen LogP contribution < -0.4 is 4.89 Å². The van der Waals surface area contributed by atoms with E-state index < -0.39 is 7.82 Å². The molecule has 102 valence electrons. The second kappa shape index (κ2) is 10.5. The highest BCUT2D eigenvalue weighted by Gasteiger charge is 2.04. The highest BCUT2D eigenvalue weighted by Crippen LogP contribution is 2.37. The van der Waals surface area contributed by atoms with Gasteiger partial charge in [-0.15, -0.1) is 0 Å². The largest absolute Gasteiger partial charge is 0.756 e. The molecule has 0 spiro atoms. The molecule has 0 aliphatic heterocycles. The van der Waals surface area contributed by atoms with Gasteiger partial charge >= 0.3 is 5.97 Å². The second-order valence-corrected chi connectivity index (χ2v) is 4.19. The summed E-state index contributed by atoms with van der Waals surface area (Å²) in [6.45, 7) is 10.6. The Balaban J connectivity index is 0. The Hall–Kier alpha value is -0.680. The van der Waals surface area contributed by atoms with Gasteiger partial charge in [-0.1, -0.05) is 6.58 Å². The lowest BCUT2D eigenvalue weighted by Crippen LogP contribution is -2.07. The molecule has 0 saturated carbocycles. The maximum atomic E-state index is 10.4. The third-order valence-corrected chi connectivity index (χ3v) is 2.35. The first-order chi connectivity index (χ1) is 7.80. The number of rotatable bonds is 6. The number of esters is 1. The van der Waals surface area contributed by atoms with Crippen LogP contribution in [0.4, 0.5) is 0 Å². The Morgan fingerprint density at radius 3 is 1.76 bits per heavy atom. The van der Waals surface area contributed by atoms with Crippen molar-refractivity contribution in [1.29, 1.82) is 0 Å². The summed E-state index contributed by atoms with van der Waals surface area (Å²) in [6, 6.07) is 0. The molecule has 0 aliphatic carbocycles. The van der Waals surface area contributed by atoms with Crippen molar-refractivity contribution in [3.8, 4) is 0 Å². The molecule has 0 radical (unpaired) electrons. The van der Waals surface area contributed by atoms with E-state index in [1.165, 1.54) is 0 Å². The lowest BCUT2D eigenvalue weighted by atomic mass is 10.4. The summed E-state index contributed by atoms with van der Waals surface area (Å²) >= 11 is 0. The summed E-state index contributed by atoms with van der Waals surface area (Å²) in [5.74, 6) is -0.312. The van der Waals surface area contributed by atoms with Gasteiger partial charge in [-0.3, -0.25) is 4.57 Å². The molecule has 0 aliphatic rings. The van der Waals surface area contributed by atoms with Crippen LogP contribution in [0.3, 0.4) is 0 Å². The van der Waals surface area contributed by atoms with Crippen molar-refractivity contribution >= 4 is 13.8 Å². The lowest BCUT2D eigenvalue weighted by molar-refractivity contribution is -0.224. The summed E-state index contributed by atoms with van der Waals surface area (Å²) < 4.78 is 23.5. The third-order valence-electron chi connectivity index (χ3n) is 1.20. The maximum Gasteiger partial charge on any atom is 0.333 e. The fraction of sp³-hybridized carbons (Fsp3) is 0.700. The number of carbonyl (C=O) groups is 1. The molecule has 0 saturated heterocycles. The molecule has 0 aromatic carbocycles. The van der Waals surface area contributed by atoms with Gasteiger partial charge in [0.25, 0.3) is 7.82 Å². The van der Waals surface area contributed by atoms with E-state index in [1.54, 1.807) is 27.7 Å². The van der Waals surface area contributed by atoms with Crippen molar-refractivity contribution in [2.24, 2.45) is 0 Å². The van der Waals surface area contributed by atoms with Crippen LogP contribution >= 0.6 is 7.82 Å². The van der Waals surface area contributed by atoms with Gasteiger partial charge in [-0.05, 0) is 27.7 Å². The molecule has 0 unspecified atom stereocenters. The first-order valence-corrected chi connectivity index (χ1v) is 6.69. The van der Waals surface area contributed by atoms with Crippen molar-refractivity contribution in [3.63, 3.8) is 0 Å². The Morgan fingerprint density at radius 2 is 1.59 bits per heavy atom. The second-order valence-electron chi connectivity index (χ2n) is 2.78. The van der Waals surface area contributed by atoms with E-state index >= 15 is 0 Å². The molecule has 0 aromatic heterocycles. The first kappa shape index (κ1) is 18.7. The Bertz CT molecular complexity index is 266. The van der Waals surface area contributed by atoms with Crippen molar-refractivity contribution in [2.45, 2.75) is 27.7 Å². The summed E-state index contributed by atoms with van der Waals surface area (Å²) in [5.41, 5.74) is 0.451. The average molecular weight is 267 g/mol. The molecule has 0 aromatic rings. The Morgan fingerprint density at radius 1 is 1.18 bits per heavy atom. The minimum atomic E-state index is -3.94. The predicted molar refractivity (Wildman–Crippen MR) is 62.3 cm³/mol. The number of phosphoric ester groups is 1. The summed E-state index contributed by atoms with van der Waals surface area (Å²) in [7, 11) is -3.94. The zero-order chi connectivity index (χ0) is 13.9. The van der Waals surface area contributed by atoms with E-state index in [-0.39, 0.29) is 19.2 Å². The topological polar surface area (TPSA) is 84.9 Å². The van der Waals surface area contributed by atoms with Crippen molar-refractivity contribution in [2.75, 3.05) is 19.8 Å². The van der Waals surface area contributed by atoms with Crippen molar-refractivity contribution in [1.82, 2.24) is 0 Å². The number of hydrogen-bond acceptors (Lipinski definition) is 6. The van der Waals surface area contributed by atoms with E-state index in [9.17, 15) is 14.3 Å². The molecule has 0 fully saturated rings. The quantitative estimate of drug-likeness (QED) is 0.413. The van der Waals surface area contributed by atoms with E-state index in [0.717, 1.165) is 0 Å². The smallest absolute Gasteiger partial charge is 0.333 e. The van der Waals surface area contributed by atoms with Crippen molar-refractivity contribution in [3.05, 3.63) is 12.2 Å². The van der Waals surface area contributed by atoms with Crippen LogP contribution in [0.1, 0.15) is 27.7 Å². The SMILES string of the molecule is C=C(C)C(=O)OCC.CCOP(=O)([O-])OCC. The van der Waals surface area contributed by atoms with Gasteiger partial charge in [0.2, 0.25) is 0 Å². The molecule has 0 heterocycles. The first-order valence-electron chi connectivity index (χ1n) is 5.23. The van der Waals surface area contributed by atoms with Crippen molar-refractivity contribution < 1.29 is 28.0 Å². The lowest BCUT2D eigenvalue weighted by Gasteiger charge is -2.20. The molecule has 6 nitrogen and oxygen atoms in total. The van der Waals surface area contributed by atoms with Crippen LogP contribution in [0, 0.1) is 0 Å². The van der Waals surface area contributed by atoms with Gasteiger partial charge in [0.1, 0.15) is 0 Å². The number of ether oxygens (including phenoxy) is 1.